The lowest BCUT2D eigenvalue weighted by atomic mass is 9.77. The summed E-state index contributed by atoms with van der Waals surface area (Å²) in [7, 11) is 0.615. The quantitative estimate of drug-likeness (QED) is 0.0160. The molecule has 0 aliphatic carbocycles. The zero-order valence-electron chi connectivity index (χ0n) is 40.0. The van der Waals surface area contributed by atoms with Crippen LogP contribution in [0, 0.1) is 22.9 Å². The third-order valence-corrected chi connectivity index (χ3v) is 18.0. The Labute approximate surface area is 441 Å². The van der Waals surface area contributed by atoms with Crippen molar-refractivity contribution in [2.24, 2.45) is 10.6 Å². The number of esters is 2. The highest BCUT2D eigenvalue weighted by Gasteiger charge is 2.61. The van der Waals surface area contributed by atoms with Crippen molar-refractivity contribution in [2.45, 2.75) is 34.7 Å². The van der Waals surface area contributed by atoms with E-state index < -0.39 is 114 Å². The molecule has 2 amide bonds. The summed E-state index contributed by atoms with van der Waals surface area (Å²) in [5, 5.41) is 10.6. The summed E-state index contributed by atoms with van der Waals surface area (Å²) in [6, 6.07) is 35.1. The normalized spacial score (nSPS) is 18.4. The second-order valence-corrected chi connectivity index (χ2v) is 21.8. The largest absolute Gasteiger partial charge is 0.497 e. The van der Waals surface area contributed by atoms with E-state index in [0.29, 0.717) is 45.6 Å². The minimum Gasteiger partial charge on any atom is -0.497 e. The molecule has 386 valence electrons. The lowest BCUT2D eigenvalue weighted by Crippen LogP contribution is -2.77. The summed E-state index contributed by atoms with van der Waals surface area (Å²) >= 11 is 2.35. The maximum atomic E-state index is 15.3. The smallest absolute Gasteiger partial charge is 0.344 e. The summed E-state index contributed by atoms with van der Waals surface area (Å²) in [6.45, 7) is 0.602. The number of thiazole rings is 1. The molecule has 15 nitrogen and oxygen atoms in total. The van der Waals surface area contributed by atoms with E-state index in [4.69, 9.17) is 24.0 Å². The van der Waals surface area contributed by atoms with Crippen molar-refractivity contribution in [3.05, 3.63) is 188 Å². The lowest BCUT2D eigenvalue weighted by molar-refractivity contribution is -0.162. The average molecular weight is 1100 g/mol. The van der Waals surface area contributed by atoms with Gasteiger partial charge in [0, 0.05) is 39.6 Å². The van der Waals surface area contributed by atoms with Gasteiger partial charge in [-0.2, -0.15) is 0 Å². The van der Waals surface area contributed by atoms with E-state index in [1.807, 2.05) is 91.0 Å². The molecule has 22 heteroatoms. The molecule has 2 aromatic heterocycles. The van der Waals surface area contributed by atoms with E-state index in [-0.39, 0.29) is 28.8 Å². The van der Waals surface area contributed by atoms with Crippen LogP contribution in [0.5, 0.6) is 5.75 Å². The predicted octanol–water partition coefficient (Wildman–Crippen LogP) is 8.01. The van der Waals surface area contributed by atoms with Crippen LogP contribution in [0.4, 0.5) is 18.3 Å². The first kappa shape index (κ1) is 52.5. The topological polar surface area (TPSA) is 192 Å². The number of oxime groups is 1. The highest BCUT2D eigenvalue weighted by atomic mass is 32.2. The number of carbonyl (C=O) groups excluding carboxylic acids is 4. The summed E-state index contributed by atoms with van der Waals surface area (Å²) in [4.78, 5) is 81.0. The fourth-order valence-corrected chi connectivity index (χ4v) is 14.4. The van der Waals surface area contributed by atoms with Crippen LogP contribution < -0.4 is 20.8 Å². The maximum Gasteiger partial charge on any atom is 0.344 e. The molecule has 4 atom stereocenters. The summed E-state index contributed by atoms with van der Waals surface area (Å²) in [5.74, 6) is -9.14. The fraction of sp³-hybridized carbons (Fsp3) is 0.226. The second kappa shape index (κ2) is 22.2. The van der Waals surface area contributed by atoms with E-state index in [1.54, 1.807) is 29.6 Å². The first-order valence-corrected chi connectivity index (χ1v) is 27.0. The van der Waals surface area contributed by atoms with Crippen LogP contribution in [0.2, 0.25) is 0 Å². The number of halogens is 3. The highest BCUT2D eigenvalue weighted by molar-refractivity contribution is 8.01. The van der Waals surface area contributed by atoms with Crippen LogP contribution >= 0.6 is 34.4 Å². The van der Waals surface area contributed by atoms with Gasteiger partial charge >= 0.3 is 11.9 Å². The molecule has 4 heterocycles. The van der Waals surface area contributed by atoms with Gasteiger partial charge in [-0.15, -0.1) is 34.4 Å². The monoisotopic (exact) mass is 1100 g/mol. The Balaban J connectivity index is 0.988. The number of hydrogen-bond acceptors (Lipinski definition) is 16. The van der Waals surface area contributed by atoms with Crippen LogP contribution in [0.25, 0.3) is 10.1 Å². The molecule has 2 saturated heterocycles. The minimum absolute atomic E-state index is 0.0971. The Hall–Kier alpha value is -7.40. The predicted molar refractivity (Wildman–Crippen MR) is 279 cm³/mol. The van der Waals surface area contributed by atoms with Gasteiger partial charge in [0.05, 0.1) is 22.6 Å². The number of β-lactam (4-membered cyclic amide) rings is 1. The molecular formula is C53H44F3N5O10S4. The number of amides is 2. The van der Waals surface area contributed by atoms with Crippen LogP contribution in [0.3, 0.4) is 0 Å². The van der Waals surface area contributed by atoms with Crippen molar-refractivity contribution in [3.63, 3.8) is 0 Å². The fourth-order valence-electron chi connectivity index (χ4n) is 8.93. The number of nitrogens with zero attached hydrogens (tertiary/aromatic N) is 3. The molecule has 2 aliphatic rings. The second-order valence-electron chi connectivity index (χ2n) is 17.1. The van der Waals surface area contributed by atoms with Crippen molar-refractivity contribution in [1.82, 2.24) is 15.2 Å². The number of aromatic nitrogens is 1. The Morgan fingerprint density at radius 2 is 1.52 bits per heavy atom. The molecule has 0 bridgehead atoms. The van der Waals surface area contributed by atoms with Crippen molar-refractivity contribution >= 4 is 89.9 Å². The minimum atomic E-state index is -2.11. The number of fused-ring (bicyclic) bond motifs is 2. The maximum absolute atomic E-state index is 15.3. The van der Waals surface area contributed by atoms with E-state index in [0.717, 1.165) is 16.7 Å². The van der Waals surface area contributed by atoms with E-state index in [9.17, 15) is 37.0 Å². The van der Waals surface area contributed by atoms with E-state index >= 15 is 4.39 Å². The van der Waals surface area contributed by atoms with Crippen LogP contribution in [0.1, 0.15) is 45.2 Å². The molecule has 2 N–H and O–H groups in total. The standard InChI is InChI=1S/C53H44F3N5O10S4/c1-4-70-48(65)38-43(62)35-24-36(54)39(55)40(56)44(35)74-49(38)73-28-52(50(66)71-25-30-20-22-34(68-2)23-21-30)27-61-46(64)42(47(61)75(67)29-52)58-45(63)41(60-69-3)37-26-72-51(57-37)59-53(31-14-8-5-9-15-31,32-16-10-6-11-17-32)33-18-12-7-13-19-33/h5-24,26,42,47H,4,25,27-29H2,1-3H3,(H,57,59)(H,58,63)/t42?,47-,52?,75?/m1/s1. The Bertz CT molecular complexity index is 3330. The SMILES string of the molecule is CCOC(=O)c1c(SCC2(C(=O)OCc3ccc(OC)cc3)CN3C(=O)C(NC(=O)C(=NOC)c4csc(NC(c5ccccc5)(c5ccccc5)c5ccccc5)n4)[C@H]3S(=O)C2)sc2c(F)c(F)c(F)cc2c1=O. The number of anilines is 1. The summed E-state index contributed by atoms with van der Waals surface area (Å²) < 4.78 is 74.1. The van der Waals surface area contributed by atoms with E-state index in [1.165, 1.54) is 37.4 Å². The molecule has 0 spiro atoms. The van der Waals surface area contributed by atoms with E-state index in [2.05, 4.69) is 15.8 Å². The number of rotatable bonds is 18. The Kier molecular flexibility index (Phi) is 15.5. The molecule has 5 aromatic carbocycles. The van der Waals surface area contributed by atoms with Gasteiger partial charge in [0.1, 0.15) is 53.1 Å². The zero-order valence-corrected chi connectivity index (χ0v) is 43.3. The highest BCUT2D eigenvalue weighted by Crippen LogP contribution is 2.44. The first-order chi connectivity index (χ1) is 36.2. The van der Waals surface area contributed by atoms with Crippen LogP contribution in [-0.2, 0) is 51.6 Å². The Morgan fingerprint density at radius 1 is 0.893 bits per heavy atom. The molecule has 0 saturated carbocycles. The lowest BCUT2D eigenvalue weighted by Gasteiger charge is -2.53. The molecule has 0 radical (unpaired) electrons. The third kappa shape index (κ3) is 10.1. The van der Waals surface area contributed by atoms with Gasteiger partial charge in [-0.1, -0.05) is 108 Å². The zero-order chi connectivity index (χ0) is 53.0. The van der Waals surface area contributed by atoms with Crippen molar-refractivity contribution in [2.75, 3.05) is 44.2 Å². The molecular weight excluding hydrogens is 1050 g/mol. The molecule has 2 aliphatic heterocycles. The van der Waals surface area contributed by atoms with Gasteiger partial charge in [0.15, 0.2) is 28.3 Å². The van der Waals surface area contributed by atoms with Crippen molar-refractivity contribution < 1.29 is 55.6 Å². The number of benzene rings is 5. The molecule has 7 aromatic rings. The number of methoxy groups -OCH3 is 1. The molecule has 75 heavy (non-hydrogen) atoms. The summed E-state index contributed by atoms with van der Waals surface area (Å²) in [6.07, 6.45) is 0. The number of carbonyl (C=O) groups is 4. The number of nitrogens with one attached hydrogen (secondary N) is 2. The van der Waals surface area contributed by atoms with Gasteiger partial charge in [0.2, 0.25) is 11.3 Å². The van der Waals surface area contributed by atoms with Gasteiger partial charge in [0.25, 0.3) is 5.91 Å². The van der Waals surface area contributed by atoms with Crippen molar-refractivity contribution in [1.29, 1.82) is 0 Å². The first-order valence-electron chi connectivity index (χ1n) is 23.0. The van der Waals surface area contributed by atoms with Gasteiger partial charge in [-0.05, 0) is 47.4 Å². The average Bonchev–Trinajstić information content (AvgIpc) is 3.90. The molecule has 9 rings (SSSR count). The van der Waals surface area contributed by atoms with Gasteiger partial charge in [-0.25, -0.2) is 22.9 Å². The number of ether oxygens (including phenoxy) is 3. The van der Waals surface area contributed by atoms with Crippen molar-refractivity contribution in [3.8, 4) is 5.75 Å². The van der Waals surface area contributed by atoms with Crippen LogP contribution in [0.15, 0.2) is 141 Å². The Morgan fingerprint density at radius 3 is 2.11 bits per heavy atom. The van der Waals surface area contributed by atoms with Gasteiger partial charge < -0.3 is 34.6 Å². The number of hydrogen-bond donors (Lipinski definition) is 2. The third-order valence-electron chi connectivity index (χ3n) is 12.6. The molecule has 3 unspecified atom stereocenters. The summed E-state index contributed by atoms with van der Waals surface area (Å²) in [5.41, 5.74) is -1.49. The van der Waals surface area contributed by atoms with Gasteiger partial charge in [-0.3, -0.25) is 23.4 Å². The van der Waals surface area contributed by atoms with Crippen LogP contribution in [-0.4, -0.2) is 93.9 Å². The molecule has 2 fully saturated rings. The number of thioether (sulfide) groups is 1.